The van der Waals surface area contributed by atoms with Crippen LogP contribution in [0.1, 0.15) is 31.6 Å². The number of imidazole rings is 1. The number of likely N-dealkylation sites (tertiary alicyclic amines) is 1. The van der Waals surface area contributed by atoms with E-state index in [2.05, 4.69) is 15.0 Å². The summed E-state index contributed by atoms with van der Waals surface area (Å²) >= 11 is 5.95. The number of amides is 1. The van der Waals surface area contributed by atoms with Crippen LogP contribution in [0, 0.1) is 0 Å². The van der Waals surface area contributed by atoms with Gasteiger partial charge in [-0.25, -0.2) is 9.97 Å². The zero-order chi connectivity index (χ0) is 15.3. The number of nitrogens with zero attached hydrogens (tertiary/aromatic N) is 3. The van der Waals surface area contributed by atoms with Crippen LogP contribution in [0.2, 0.25) is 5.15 Å². The van der Waals surface area contributed by atoms with E-state index in [4.69, 9.17) is 11.6 Å². The van der Waals surface area contributed by atoms with E-state index in [0.717, 1.165) is 47.1 Å². The Kier molecular flexibility index (Phi) is 3.04. The van der Waals surface area contributed by atoms with Crippen molar-refractivity contribution in [3.05, 3.63) is 35.2 Å². The predicted molar refractivity (Wildman–Crippen MR) is 85.8 cm³/mol. The molecule has 22 heavy (non-hydrogen) atoms. The molecule has 2 aromatic heterocycles. The molecule has 3 heterocycles. The van der Waals surface area contributed by atoms with E-state index in [1.54, 1.807) is 13.0 Å². The quantitative estimate of drug-likeness (QED) is 0.700. The lowest BCUT2D eigenvalue weighted by Gasteiger charge is -2.21. The molecule has 0 radical (unpaired) electrons. The van der Waals surface area contributed by atoms with Gasteiger partial charge in [-0.15, -0.1) is 0 Å². The van der Waals surface area contributed by atoms with Crippen molar-refractivity contribution in [3.63, 3.8) is 0 Å². The van der Waals surface area contributed by atoms with Crippen LogP contribution in [-0.2, 0) is 4.79 Å². The average Bonchev–Trinajstić information content (AvgIpc) is 3.12. The van der Waals surface area contributed by atoms with Crippen LogP contribution in [0.5, 0.6) is 0 Å². The predicted octanol–water partition coefficient (Wildman–Crippen LogP) is 3.45. The highest BCUT2D eigenvalue weighted by Gasteiger charge is 2.30. The van der Waals surface area contributed by atoms with Gasteiger partial charge in [0.05, 0.1) is 22.6 Å². The fourth-order valence-corrected chi connectivity index (χ4v) is 3.42. The summed E-state index contributed by atoms with van der Waals surface area (Å²) in [7, 11) is 0. The lowest BCUT2D eigenvalue weighted by Crippen LogP contribution is -2.28. The Morgan fingerprint density at radius 1 is 1.27 bits per heavy atom. The van der Waals surface area contributed by atoms with Gasteiger partial charge in [0.25, 0.3) is 0 Å². The molecular weight excluding hydrogens is 300 g/mol. The molecule has 0 bridgehead atoms. The first-order chi connectivity index (χ1) is 10.6. The van der Waals surface area contributed by atoms with Gasteiger partial charge in [0.1, 0.15) is 11.0 Å². The van der Waals surface area contributed by atoms with Crippen molar-refractivity contribution < 1.29 is 4.79 Å². The molecule has 112 valence electrons. The Bertz CT molecular complexity index is 888. The van der Waals surface area contributed by atoms with Gasteiger partial charge in [0, 0.05) is 18.9 Å². The van der Waals surface area contributed by atoms with E-state index in [1.165, 1.54) is 0 Å². The van der Waals surface area contributed by atoms with E-state index in [0.29, 0.717) is 5.15 Å². The smallest absolute Gasteiger partial charge is 0.220 e. The molecule has 1 amide bonds. The van der Waals surface area contributed by atoms with Crippen molar-refractivity contribution in [2.24, 2.45) is 0 Å². The van der Waals surface area contributed by atoms with Crippen LogP contribution >= 0.6 is 11.6 Å². The summed E-state index contributed by atoms with van der Waals surface area (Å²) < 4.78 is 0. The molecule has 6 heteroatoms. The van der Waals surface area contributed by atoms with Gasteiger partial charge >= 0.3 is 0 Å². The number of carbonyl (C=O) groups is 1. The first kappa shape index (κ1) is 13.5. The summed E-state index contributed by atoms with van der Waals surface area (Å²) in [6.45, 7) is 2.41. The third kappa shape index (κ3) is 2.04. The molecule has 1 fully saturated rings. The Balaban J connectivity index is 1.87. The third-order valence-corrected chi connectivity index (χ3v) is 4.49. The Hall–Kier alpha value is -2.14. The number of H-pyrrole nitrogens is 1. The summed E-state index contributed by atoms with van der Waals surface area (Å²) in [5, 5.41) is 1.47. The summed E-state index contributed by atoms with van der Waals surface area (Å²) in [6, 6.07) is 7.63. The van der Waals surface area contributed by atoms with Crippen molar-refractivity contribution in [1.29, 1.82) is 0 Å². The normalized spacial score (nSPS) is 18.5. The minimum absolute atomic E-state index is 0.0419. The summed E-state index contributed by atoms with van der Waals surface area (Å²) in [6.07, 6.45) is 1.96. The third-order valence-electron chi connectivity index (χ3n) is 4.28. The van der Waals surface area contributed by atoms with Gasteiger partial charge in [0.15, 0.2) is 0 Å². The number of carbonyl (C=O) groups excluding carboxylic acids is 1. The first-order valence-electron chi connectivity index (χ1n) is 7.35. The highest BCUT2D eigenvalue weighted by Crippen LogP contribution is 2.33. The lowest BCUT2D eigenvalue weighted by atomic mass is 10.2. The second-order valence-electron chi connectivity index (χ2n) is 5.65. The molecule has 4 rings (SSSR count). The van der Waals surface area contributed by atoms with Gasteiger partial charge in [0.2, 0.25) is 5.91 Å². The average molecular weight is 315 g/mol. The molecule has 1 aliphatic rings. The molecule has 1 aliphatic heterocycles. The van der Waals surface area contributed by atoms with Crippen LogP contribution in [0.4, 0.5) is 0 Å². The van der Waals surface area contributed by atoms with Crippen molar-refractivity contribution >= 4 is 39.4 Å². The summed E-state index contributed by atoms with van der Waals surface area (Å²) in [5.41, 5.74) is 2.68. The minimum atomic E-state index is 0.0419. The van der Waals surface area contributed by atoms with E-state index < -0.39 is 0 Å². The molecule has 1 saturated heterocycles. The van der Waals surface area contributed by atoms with Crippen LogP contribution in [0.15, 0.2) is 24.3 Å². The molecule has 5 nitrogen and oxygen atoms in total. The maximum atomic E-state index is 11.8. The van der Waals surface area contributed by atoms with Gasteiger partial charge < -0.3 is 9.88 Å². The van der Waals surface area contributed by atoms with E-state index in [-0.39, 0.29) is 11.9 Å². The maximum absolute atomic E-state index is 11.8. The van der Waals surface area contributed by atoms with Crippen LogP contribution in [-0.4, -0.2) is 32.3 Å². The SMILES string of the molecule is CC(=O)N1CCC[C@H]1c1nc2ccc3nc(Cl)ccc3c2[nH]1. The number of nitrogens with one attached hydrogen (secondary N) is 1. The number of halogens is 1. The number of fused-ring (bicyclic) bond motifs is 3. The second-order valence-corrected chi connectivity index (χ2v) is 6.04. The van der Waals surface area contributed by atoms with Crippen LogP contribution in [0.25, 0.3) is 21.9 Å². The largest absolute Gasteiger partial charge is 0.340 e. The molecule has 1 aromatic carbocycles. The molecule has 1 atom stereocenters. The Labute approximate surface area is 132 Å². The molecule has 0 aliphatic carbocycles. The van der Waals surface area contributed by atoms with E-state index >= 15 is 0 Å². The van der Waals surface area contributed by atoms with Gasteiger partial charge in [-0.2, -0.15) is 0 Å². The number of hydrogen-bond donors (Lipinski definition) is 1. The molecule has 0 unspecified atom stereocenters. The fourth-order valence-electron chi connectivity index (χ4n) is 3.26. The molecule has 0 spiro atoms. The van der Waals surface area contributed by atoms with Crippen molar-refractivity contribution in [2.75, 3.05) is 6.54 Å². The standard InChI is InChI=1S/C16H15ClN4O/c1-9(22)21-8-2-3-13(21)16-19-12-6-5-11-10(15(12)20-16)4-7-14(17)18-11/h4-7,13H,2-3,8H2,1H3,(H,19,20)/t13-/m0/s1. The summed E-state index contributed by atoms with van der Waals surface area (Å²) in [5.74, 6) is 0.950. The highest BCUT2D eigenvalue weighted by atomic mass is 35.5. The zero-order valence-corrected chi connectivity index (χ0v) is 12.9. The van der Waals surface area contributed by atoms with E-state index in [1.807, 2.05) is 23.1 Å². The Morgan fingerprint density at radius 3 is 2.91 bits per heavy atom. The topological polar surface area (TPSA) is 61.9 Å². The number of rotatable bonds is 1. The van der Waals surface area contributed by atoms with Crippen molar-refractivity contribution in [3.8, 4) is 0 Å². The molecule has 1 N–H and O–H groups in total. The summed E-state index contributed by atoms with van der Waals surface area (Å²) in [4.78, 5) is 26.1. The first-order valence-corrected chi connectivity index (χ1v) is 7.73. The van der Waals surface area contributed by atoms with Gasteiger partial charge in [-0.05, 0) is 37.1 Å². The number of pyridine rings is 1. The van der Waals surface area contributed by atoms with Crippen molar-refractivity contribution in [2.45, 2.75) is 25.8 Å². The number of hydrogen-bond acceptors (Lipinski definition) is 3. The van der Waals surface area contributed by atoms with E-state index in [9.17, 15) is 4.79 Å². The number of aromatic nitrogens is 3. The molecule has 0 saturated carbocycles. The number of aromatic amines is 1. The Morgan fingerprint density at radius 2 is 2.09 bits per heavy atom. The van der Waals surface area contributed by atoms with Crippen LogP contribution < -0.4 is 0 Å². The maximum Gasteiger partial charge on any atom is 0.220 e. The fraction of sp³-hybridized carbons (Fsp3) is 0.312. The van der Waals surface area contributed by atoms with Gasteiger partial charge in [-0.3, -0.25) is 4.79 Å². The van der Waals surface area contributed by atoms with Crippen LogP contribution in [0.3, 0.4) is 0 Å². The monoisotopic (exact) mass is 314 g/mol. The lowest BCUT2D eigenvalue weighted by molar-refractivity contribution is -0.129. The molecular formula is C16H15ClN4O. The molecule has 3 aromatic rings. The number of benzene rings is 1. The van der Waals surface area contributed by atoms with Gasteiger partial charge in [-0.1, -0.05) is 11.6 Å². The minimum Gasteiger partial charge on any atom is -0.340 e. The second kappa shape index (κ2) is 4.95. The zero-order valence-electron chi connectivity index (χ0n) is 12.1. The highest BCUT2D eigenvalue weighted by molar-refractivity contribution is 6.30. The van der Waals surface area contributed by atoms with Crippen molar-refractivity contribution in [1.82, 2.24) is 19.9 Å².